The molecule has 2 aromatic carbocycles. The number of sulfonamides is 1. The number of nitrogens with zero attached hydrogens (tertiary/aromatic N) is 1. The van der Waals surface area contributed by atoms with Crippen molar-refractivity contribution in [2.75, 3.05) is 11.9 Å². The number of nitrogens with one attached hydrogen (secondary N) is 1. The van der Waals surface area contributed by atoms with Crippen molar-refractivity contribution in [3.05, 3.63) is 59.7 Å². The number of rotatable bonds is 7. The zero-order chi connectivity index (χ0) is 23.2. The van der Waals surface area contributed by atoms with E-state index in [4.69, 9.17) is 9.88 Å². The fourth-order valence-electron chi connectivity index (χ4n) is 2.79. The Labute approximate surface area is 183 Å². The molecule has 0 atom stereocenters. The zero-order valence-corrected chi connectivity index (χ0v) is 19.0. The van der Waals surface area contributed by atoms with Crippen LogP contribution in [0.15, 0.2) is 53.4 Å². The van der Waals surface area contributed by atoms with Crippen LogP contribution in [0.2, 0.25) is 0 Å². The lowest BCUT2D eigenvalue weighted by molar-refractivity contribution is -0.115. The molecule has 2 rings (SSSR count). The van der Waals surface area contributed by atoms with Gasteiger partial charge in [0.15, 0.2) is 0 Å². The molecule has 0 spiro atoms. The molecular formula is C22H29N3O5S. The van der Waals surface area contributed by atoms with Crippen molar-refractivity contribution >= 4 is 27.7 Å². The molecule has 0 fully saturated rings. The highest BCUT2D eigenvalue weighted by atomic mass is 32.2. The third-order valence-electron chi connectivity index (χ3n) is 4.30. The van der Waals surface area contributed by atoms with Crippen LogP contribution in [0.3, 0.4) is 0 Å². The third-order valence-corrected chi connectivity index (χ3v) is 5.23. The number of anilines is 1. The van der Waals surface area contributed by atoms with Gasteiger partial charge in [0.05, 0.1) is 17.9 Å². The van der Waals surface area contributed by atoms with Crippen LogP contribution in [0.4, 0.5) is 10.5 Å². The van der Waals surface area contributed by atoms with E-state index in [9.17, 15) is 18.0 Å². The number of hydrogen-bond acceptors (Lipinski definition) is 5. The molecule has 8 nitrogen and oxygen atoms in total. The molecule has 168 valence electrons. The van der Waals surface area contributed by atoms with Crippen molar-refractivity contribution in [2.45, 2.75) is 51.2 Å². The van der Waals surface area contributed by atoms with Crippen molar-refractivity contribution in [1.29, 1.82) is 0 Å². The highest BCUT2D eigenvalue weighted by molar-refractivity contribution is 7.89. The largest absolute Gasteiger partial charge is 0.444 e. The molecule has 0 aromatic heterocycles. The van der Waals surface area contributed by atoms with Crippen LogP contribution >= 0.6 is 0 Å². The normalized spacial score (nSPS) is 11.6. The van der Waals surface area contributed by atoms with Gasteiger partial charge in [0.1, 0.15) is 5.60 Å². The smallest absolute Gasteiger partial charge is 0.410 e. The van der Waals surface area contributed by atoms with Gasteiger partial charge in [-0.25, -0.2) is 18.4 Å². The minimum Gasteiger partial charge on any atom is -0.444 e. The number of carbonyl (C=O) groups is 2. The summed E-state index contributed by atoms with van der Waals surface area (Å²) >= 11 is 0. The minimum absolute atomic E-state index is 0.0104. The molecular weight excluding hydrogens is 418 g/mol. The summed E-state index contributed by atoms with van der Waals surface area (Å²) in [6.07, 6.45) is -0.367. The molecule has 0 aliphatic rings. The minimum atomic E-state index is -3.78. The lowest BCUT2D eigenvalue weighted by Gasteiger charge is -2.27. The van der Waals surface area contributed by atoms with E-state index < -0.39 is 21.7 Å². The first-order chi connectivity index (χ1) is 14.4. The van der Waals surface area contributed by atoms with Crippen LogP contribution in [0.25, 0.3) is 0 Å². The lowest BCUT2D eigenvalue weighted by Crippen LogP contribution is -2.36. The van der Waals surface area contributed by atoms with Gasteiger partial charge in [-0.15, -0.1) is 0 Å². The first-order valence-electron chi connectivity index (χ1n) is 9.86. The fourth-order valence-corrected chi connectivity index (χ4v) is 3.31. The van der Waals surface area contributed by atoms with Gasteiger partial charge in [0, 0.05) is 12.2 Å². The van der Waals surface area contributed by atoms with E-state index >= 15 is 0 Å². The molecule has 2 amide bonds. The second-order valence-electron chi connectivity index (χ2n) is 8.07. The van der Waals surface area contributed by atoms with Gasteiger partial charge in [0.2, 0.25) is 15.9 Å². The summed E-state index contributed by atoms with van der Waals surface area (Å²) in [5.74, 6) is -0.267. The molecule has 9 heteroatoms. The van der Waals surface area contributed by atoms with E-state index in [0.29, 0.717) is 17.8 Å². The molecule has 3 N–H and O–H groups in total. The maximum atomic E-state index is 12.5. The number of nitrogens with two attached hydrogens (primary N) is 1. The van der Waals surface area contributed by atoms with E-state index in [0.717, 1.165) is 5.56 Å². The van der Waals surface area contributed by atoms with Crippen LogP contribution in [0.1, 0.15) is 38.8 Å². The summed E-state index contributed by atoms with van der Waals surface area (Å²) in [5.41, 5.74) is 1.41. The Balaban J connectivity index is 2.09. The molecule has 31 heavy (non-hydrogen) atoms. The molecule has 0 heterocycles. The maximum absolute atomic E-state index is 12.5. The Morgan fingerprint density at radius 3 is 2.23 bits per heavy atom. The first kappa shape index (κ1) is 24.4. The summed E-state index contributed by atoms with van der Waals surface area (Å²) < 4.78 is 28.1. The maximum Gasteiger partial charge on any atom is 0.410 e. The molecule has 0 unspecified atom stereocenters. The Bertz CT molecular complexity index is 1030. The predicted molar refractivity (Wildman–Crippen MR) is 119 cm³/mol. The average molecular weight is 448 g/mol. The summed E-state index contributed by atoms with van der Waals surface area (Å²) in [6.45, 7) is 8.02. The van der Waals surface area contributed by atoms with Gasteiger partial charge in [0.25, 0.3) is 0 Å². The van der Waals surface area contributed by atoms with Gasteiger partial charge >= 0.3 is 6.09 Å². The lowest BCUT2D eigenvalue weighted by atomic mass is 10.1. The number of carbonyl (C=O) groups excluding carboxylic acids is 2. The zero-order valence-electron chi connectivity index (χ0n) is 18.2. The van der Waals surface area contributed by atoms with Crippen LogP contribution in [-0.2, 0) is 32.5 Å². The Morgan fingerprint density at radius 1 is 1.06 bits per heavy atom. The number of para-hydroxylation sites is 1. The number of benzene rings is 2. The number of ether oxygens (including phenoxy) is 1. The van der Waals surface area contributed by atoms with E-state index in [1.807, 2.05) is 39.8 Å². The van der Waals surface area contributed by atoms with Crippen molar-refractivity contribution in [2.24, 2.45) is 5.14 Å². The molecule has 0 aliphatic carbocycles. The quantitative estimate of drug-likeness (QED) is 0.675. The van der Waals surface area contributed by atoms with Crippen LogP contribution in [-0.4, -0.2) is 37.5 Å². The predicted octanol–water partition coefficient (Wildman–Crippen LogP) is 3.27. The topological polar surface area (TPSA) is 119 Å². The monoisotopic (exact) mass is 447 g/mol. The molecule has 2 aromatic rings. The highest BCUT2D eigenvalue weighted by Crippen LogP contribution is 2.20. The summed E-state index contributed by atoms with van der Waals surface area (Å²) in [7, 11) is -3.78. The van der Waals surface area contributed by atoms with E-state index in [1.165, 1.54) is 12.1 Å². The average Bonchev–Trinajstić information content (AvgIpc) is 2.65. The number of amides is 2. The van der Waals surface area contributed by atoms with Crippen LogP contribution in [0.5, 0.6) is 0 Å². The van der Waals surface area contributed by atoms with Crippen molar-refractivity contribution in [1.82, 2.24) is 4.90 Å². The van der Waals surface area contributed by atoms with Gasteiger partial charge < -0.3 is 15.0 Å². The SMILES string of the molecule is CCN(Cc1ccccc1NC(=O)Cc1ccc(S(N)(=O)=O)cc1)C(=O)OC(C)(C)C. The molecule has 0 bridgehead atoms. The van der Waals surface area contributed by atoms with Gasteiger partial charge in [-0.2, -0.15) is 0 Å². The van der Waals surface area contributed by atoms with Crippen LogP contribution in [0, 0.1) is 0 Å². The van der Waals surface area contributed by atoms with Crippen LogP contribution < -0.4 is 10.5 Å². The van der Waals surface area contributed by atoms with E-state index in [1.54, 1.807) is 29.2 Å². The van der Waals surface area contributed by atoms with Crippen molar-refractivity contribution in [3.63, 3.8) is 0 Å². The Kier molecular flexibility index (Phi) is 7.80. The third kappa shape index (κ3) is 7.69. The van der Waals surface area contributed by atoms with E-state index in [2.05, 4.69) is 5.32 Å². The number of hydrogen-bond donors (Lipinski definition) is 2. The van der Waals surface area contributed by atoms with Gasteiger partial charge in [-0.3, -0.25) is 4.79 Å². The highest BCUT2D eigenvalue weighted by Gasteiger charge is 2.22. The second kappa shape index (κ2) is 9.93. The Hall–Kier alpha value is -2.91. The molecule has 0 aliphatic heterocycles. The van der Waals surface area contributed by atoms with Gasteiger partial charge in [-0.1, -0.05) is 30.3 Å². The second-order valence-corrected chi connectivity index (χ2v) is 9.63. The van der Waals surface area contributed by atoms with E-state index in [-0.39, 0.29) is 23.8 Å². The molecule has 0 saturated carbocycles. The number of primary sulfonamides is 1. The first-order valence-corrected chi connectivity index (χ1v) is 11.4. The fraction of sp³-hybridized carbons (Fsp3) is 0.364. The van der Waals surface area contributed by atoms with Crippen molar-refractivity contribution < 1.29 is 22.7 Å². The molecule has 0 radical (unpaired) electrons. The summed E-state index contributed by atoms with van der Waals surface area (Å²) in [4.78, 5) is 26.5. The van der Waals surface area contributed by atoms with Crippen molar-refractivity contribution in [3.8, 4) is 0 Å². The summed E-state index contributed by atoms with van der Waals surface area (Å²) in [5, 5.41) is 7.95. The standard InChI is InChI=1S/C22H29N3O5S/c1-5-25(21(27)30-22(2,3)4)15-17-8-6-7-9-19(17)24-20(26)14-16-10-12-18(13-11-16)31(23,28)29/h6-13H,5,14-15H2,1-4H3,(H,24,26)(H2,23,28,29). The Morgan fingerprint density at radius 2 is 1.68 bits per heavy atom. The summed E-state index contributed by atoms with van der Waals surface area (Å²) in [6, 6.07) is 13.1. The van der Waals surface area contributed by atoms with Gasteiger partial charge in [-0.05, 0) is 57.0 Å². The molecule has 0 saturated heterocycles.